The Labute approximate surface area is 107 Å². The summed E-state index contributed by atoms with van der Waals surface area (Å²) in [5.41, 5.74) is 3.77. The number of benzene rings is 1. The van der Waals surface area contributed by atoms with Crippen molar-refractivity contribution in [2.75, 3.05) is 6.54 Å². The van der Waals surface area contributed by atoms with Crippen LogP contribution in [-0.4, -0.2) is 18.5 Å². The second kappa shape index (κ2) is 6.01. The number of rotatable bonds is 4. The first-order chi connectivity index (χ1) is 8.71. The lowest BCUT2D eigenvalue weighted by atomic mass is 10.1. The van der Waals surface area contributed by atoms with Gasteiger partial charge in [-0.25, -0.2) is 4.39 Å². The highest BCUT2D eigenvalue weighted by Crippen LogP contribution is 2.30. The quantitative estimate of drug-likeness (QED) is 0.830. The normalized spacial score (nSPS) is 13.2. The Kier molecular flexibility index (Phi) is 4.88. The summed E-state index contributed by atoms with van der Waals surface area (Å²) in [6, 6.07) is 1.56. The third-order valence-electron chi connectivity index (χ3n) is 2.42. The van der Waals surface area contributed by atoms with Gasteiger partial charge in [-0.1, -0.05) is 0 Å². The minimum Gasteiger partial charge on any atom is -0.352 e. The van der Waals surface area contributed by atoms with E-state index in [-0.39, 0.29) is 12.6 Å². The standard InChI is InChI=1S/C12H14F4N2O/c1-7(17)4-5-18-11(19)9-6-8(12(14,15)16)2-3-10(9)13/h2-3,6-7H,4-5,17H2,1H3,(H,18,19). The van der Waals surface area contributed by atoms with Gasteiger partial charge >= 0.3 is 6.18 Å². The number of carbonyl (C=O) groups excluding carboxylic acids is 1. The predicted molar refractivity (Wildman–Crippen MR) is 62.0 cm³/mol. The van der Waals surface area contributed by atoms with E-state index in [2.05, 4.69) is 5.32 Å². The monoisotopic (exact) mass is 278 g/mol. The molecule has 1 aromatic carbocycles. The fraction of sp³-hybridized carbons (Fsp3) is 0.417. The summed E-state index contributed by atoms with van der Waals surface area (Å²) in [7, 11) is 0. The predicted octanol–water partition coefficient (Wildman–Crippen LogP) is 2.31. The zero-order valence-corrected chi connectivity index (χ0v) is 10.2. The van der Waals surface area contributed by atoms with Gasteiger partial charge in [0, 0.05) is 12.6 Å². The number of carbonyl (C=O) groups is 1. The number of halogens is 4. The zero-order chi connectivity index (χ0) is 14.6. The van der Waals surface area contributed by atoms with Gasteiger partial charge < -0.3 is 11.1 Å². The van der Waals surface area contributed by atoms with E-state index in [4.69, 9.17) is 5.73 Å². The summed E-state index contributed by atoms with van der Waals surface area (Å²) in [5.74, 6) is -1.88. The molecule has 1 rings (SSSR count). The molecule has 3 N–H and O–H groups in total. The molecule has 0 heterocycles. The molecule has 3 nitrogen and oxygen atoms in total. The average Bonchev–Trinajstić information content (AvgIpc) is 2.27. The molecule has 0 aliphatic rings. The van der Waals surface area contributed by atoms with Crippen LogP contribution in [0, 0.1) is 5.82 Å². The van der Waals surface area contributed by atoms with Crippen LogP contribution in [-0.2, 0) is 6.18 Å². The Morgan fingerprint density at radius 1 is 1.42 bits per heavy atom. The number of nitrogens with two attached hydrogens (primary N) is 1. The van der Waals surface area contributed by atoms with Crippen LogP contribution >= 0.6 is 0 Å². The average molecular weight is 278 g/mol. The fourth-order valence-corrected chi connectivity index (χ4v) is 1.38. The molecule has 0 aliphatic carbocycles. The Morgan fingerprint density at radius 2 is 2.05 bits per heavy atom. The van der Waals surface area contributed by atoms with Gasteiger partial charge in [0.2, 0.25) is 0 Å². The van der Waals surface area contributed by atoms with E-state index in [1.54, 1.807) is 6.92 Å². The van der Waals surface area contributed by atoms with Crippen molar-refractivity contribution in [3.8, 4) is 0 Å². The van der Waals surface area contributed by atoms with E-state index >= 15 is 0 Å². The Morgan fingerprint density at radius 3 is 2.58 bits per heavy atom. The molecule has 0 bridgehead atoms. The second-order valence-corrected chi connectivity index (χ2v) is 4.21. The molecule has 1 amide bonds. The number of hydrogen-bond acceptors (Lipinski definition) is 2. The van der Waals surface area contributed by atoms with Gasteiger partial charge in [-0.15, -0.1) is 0 Å². The number of amides is 1. The van der Waals surface area contributed by atoms with Gasteiger partial charge in [0.05, 0.1) is 11.1 Å². The highest BCUT2D eigenvalue weighted by atomic mass is 19.4. The first-order valence-electron chi connectivity index (χ1n) is 5.62. The van der Waals surface area contributed by atoms with Crippen LogP contribution < -0.4 is 11.1 Å². The third-order valence-corrected chi connectivity index (χ3v) is 2.42. The molecule has 0 saturated heterocycles. The molecular formula is C12H14F4N2O. The molecule has 1 atom stereocenters. The van der Waals surface area contributed by atoms with Crippen molar-refractivity contribution < 1.29 is 22.4 Å². The molecule has 0 radical (unpaired) electrons. The number of nitrogens with one attached hydrogen (secondary N) is 1. The van der Waals surface area contributed by atoms with Gasteiger partial charge in [0.25, 0.3) is 5.91 Å². The van der Waals surface area contributed by atoms with Crippen molar-refractivity contribution in [1.82, 2.24) is 5.32 Å². The molecule has 0 fully saturated rings. The minimum atomic E-state index is -4.62. The summed E-state index contributed by atoms with van der Waals surface area (Å²) in [6.45, 7) is 1.89. The maximum atomic E-state index is 13.3. The van der Waals surface area contributed by atoms with E-state index in [1.807, 2.05) is 0 Å². The summed E-state index contributed by atoms with van der Waals surface area (Å²) in [6.07, 6.45) is -4.17. The lowest BCUT2D eigenvalue weighted by Crippen LogP contribution is -2.29. The minimum absolute atomic E-state index is 0.161. The van der Waals surface area contributed by atoms with E-state index in [0.717, 1.165) is 0 Å². The molecule has 0 spiro atoms. The van der Waals surface area contributed by atoms with Gasteiger partial charge in [0.15, 0.2) is 0 Å². The van der Waals surface area contributed by atoms with Crippen LogP contribution in [0.4, 0.5) is 17.6 Å². The molecule has 0 saturated carbocycles. The van der Waals surface area contributed by atoms with Crippen LogP contribution in [0.15, 0.2) is 18.2 Å². The molecule has 1 unspecified atom stereocenters. The zero-order valence-electron chi connectivity index (χ0n) is 10.2. The van der Waals surface area contributed by atoms with Gasteiger partial charge in [-0.3, -0.25) is 4.79 Å². The lowest BCUT2D eigenvalue weighted by Gasteiger charge is -2.11. The first kappa shape index (κ1) is 15.4. The summed E-state index contributed by atoms with van der Waals surface area (Å²) in [4.78, 5) is 11.6. The third kappa shape index (κ3) is 4.51. The highest BCUT2D eigenvalue weighted by Gasteiger charge is 2.31. The topological polar surface area (TPSA) is 55.1 Å². The molecule has 106 valence electrons. The van der Waals surface area contributed by atoms with Crippen molar-refractivity contribution >= 4 is 5.91 Å². The van der Waals surface area contributed by atoms with Crippen LogP contribution in [0.3, 0.4) is 0 Å². The summed E-state index contributed by atoms with van der Waals surface area (Å²) in [5, 5.41) is 2.32. The fourth-order valence-electron chi connectivity index (χ4n) is 1.38. The molecule has 0 aromatic heterocycles. The van der Waals surface area contributed by atoms with Crippen molar-refractivity contribution in [3.63, 3.8) is 0 Å². The van der Waals surface area contributed by atoms with Crippen molar-refractivity contribution in [2.45, 2.75) is 25.6 Å². The van der Waals surface area contributed by atoms with E-state index in [1.165, 1.54) is 0 Å². The maximum Gasteiger partial charge on any atom is 0.416 e. The number of hydrogen-bond donors (Lipinski definition) is 2. The smallest absolute Gasteiger partial charge is 0.352 e. The molecule has 19 heavy (non-hydrogen) atoms. The van der Waals surface area contributed by atoms with Crippen LogP contribution in [0.1, 0.15) is 29.3 Å². The molecule has 0 aliphatic heterocycles. The lowest BCUT2D eigenvalue weighted by molar-refractivity contribution is -0.137. The number of alkyl halides is 3. The highest BCUT2D eigenvalue weighted by molar-refractivity contribution is 5.94. The van der Waals surface area contributed by atoms with Crippen LogP contribution in [0.2, 0.25) is 0 Å². The Bertz CT molecular complexity index is 458. The summed E-state index contributed by atoms with van der Waals surface area (Å²) < 4.78 is 50.7. The van der Waals surface area contributed by atoms with Gasteiger partial charge in [-0.05, 0) is 31.5 Å². The van der Waals surface area contributed by atoms with Gasteiger partial charge in [0.1, 0.15) is 5.82 Å². The van der Waals surface area contributed by atoms with Crippen molar-refractivity contribution in [1.29, 1.82) is 0 Å². The van der Waals surface area contributed by atoms with E-state index in [9.17, 15) is 22.4 Å². The molecule has 7 heteroatoms. The maximum absolute atomic E-state index is 13.3. The SMILES string of the molecule is CC(N)CCNC(=O)c1cc(C(F)(F)F)ccc1F. The van der Waals surface area contributed by atoms with E-state index in [0.29, 0.717) is 24.6 Å². The largest absolute Gasteiger partial charge is 0.416 e. The Balaban J connectivity index is 2.84. The van der Waals surface area contributed by atoms with E-state index < -0.39 is 29.0 Å². The second-order valence-electron chi connectivity index (χ2n) is 4.21. The molecule has 1 aromatic rings. The first-order valence-corrected chi connectivity index (χ1v) is 5.62. The summed E-state index contributed by atoms with van der Waals surface area (Å²) >= 11 is 0. The molecular weight excluding hydrogens is 264 g/mol. The van der Waals surface area contributed by atoms with Crippen LogP contribution in [0.25, 0.3) is 0 Å². The van der Waals surface area contributed by atoms with Crippen molar-refractivity contribution in [2.24, 2.45) is 5.73 Å². The van der Waals surface area contributed by atoms with Gasteiger partial charge in [-0.2, -0.15) is 13.2 Å². The Hall–Kier alpha value is -1.63. The van der Waals surface area contributed by atoms with Crippen LogP contribution in [0.5, 0.6) is 0 Å². The van der Waals surface area contributed by atoms with Crippen molar-refractivity contribution in [3.05, 3.63) is 35.1 Å².